The van der Waals surface area contributed by atoms with E-state index in [4.69, 9.17) is 10.5 Å². The van der Waals surface area contributed by atoms with E-state index >= 15 is 0 Å². The van der Waals surface area contributed by atoms with Crippen LogP contribution in [0.5, 0.6) is 0 Å². The van der Waals surface area contributed by atoms with Crippen molar-refractivity contribution in [3.8, 4) is 0 Å². The van der Waals surface area contributed by atoms with Crippen LogP contribution in [0.4, 0.5) is 0 Å². The molecule has 1 aromatic heterocycles. The molecular weight excluding hydrogens is 236 g/mol. The molecule has 1 atom stereocenters. The SMILES string of the molecule is NC(=NCC1CCCO1)NCCc1nccs1. The molecule has 6 heteroatoms. The standard InChI is InChI=1S/C11H18N4OS/c12-11(15-8-9-2-1-6-16-9)14-4-3-10-13-5-7-17-10/h5,7,9H,1-4,6,8H2,(H3,12,14,15). The summed E-state index contributed by atoms with van der Waals surface area (Å²) in [5.74, 6) is 0.497. The van der Waals surface area contributed by atoms with E-state index in [9.17, 15) is 0 Å². The van der Waals surface area contributed by atoms with Gasteiger partial charge >= 0.3 is 0 Å². The first-order chi connectivity index (χ1) is 8.34. The van der Waals surface area contributed by atoms with Crippen LogP contribution in [0.3, 0.4) is 0 Å². The number of hydrogen-bond acceptors (Lipinski definition) is 4. The lowest BCUT2D eigenvalue weighted by atomic mass is 10.2. The third kappa shape index (κ3) is 4.32. The third-order valence-electron chi connectivity index (χ3n) is 2.62. The minimum absolute atomic E-state index is 0.259. The predicted molar refractivity (Wildman–Crippen MR) is 69.3 cm³/mol. The maximum atomic E-state index is 5.76. The molecule has 0 spiro atoms. The summed E-state index contributed by atoms with van der Waals surface area (Å²) in [6, 6.07) is 0. The molecule has 1 aliphatic rings. The molecule has 0 aromatic carbocycles. The Hall–Kier alpha value is -1.14. The van der Waals surface area contributed by atoms with Crippen LogP contribution in [0.2, 0.25) is 0 Å². The molecule has 0 aliphatic carbocycles. The molecule has 5 nitrogen and oxygen atoms in total. The molecule has 1 aliphatic heterocycles. The number of thiazole rings is 1. The predicted octanol–water partition coefficient (Wildman–Crippen LogP) is 0.769. The molecule has 94 valence electrons. The van der Waals surface area contributed by atoms with Crippen molar-refractivity contribution in [2.75, 3.05) is 19.7 Å². The number of aliphatic imine (C=N–C) groups is 1. The molecule has 1 saturated heterocycles. The highest BCUT2D eigenvalue weighted by Crippen LogP contribution is 2.11. The number of aromatic nitrogens is 1. The van der Waals surface area contributed by atoms with Gasteiger partial charge in [0.05, 0.1) is 17.7 Å². The van der Waals surface area contributed by atoms with Gasteiger partial charge in [-0.15, -0.1) is 11.3 Å². The number of rotatable bonds is 5. The number of ether oxygens (including phenoxy) is 1. The molecule has 1 unspecified atom stereocenters. The molecular formula is C11H18N4OS. The van der Waals surface area contributed by atoms with Gasteiger partial charge in [-0.25, -0.2) is 4.98 Å². The zero-order chi connectivity index (χ0) is 11.9. The zero-order valence-electron chi connectivity index (χ0n) is 9.76. The first-order valence-corrected chi connectivity index (χ1v) is 6.76. The van der Waals surface area contributed by atoms with Gasteiger partial charge in [-0.3, -0.25) is 4.99 Å². The van der Waals surface area contributed by atoms with E-state index in [2.05, 4.69) is 15.3 Å². The Labute approximate surface area is 105 Å². The van der Waals surface area contributed by atoms with Crippen LogP contribution in [0.25, 0.3) is 0 Å². The first-order valence-electron chi connectivity index (χ1n) is 5.88. The van der Waals surface area contributed by atoms with Crippen LogP contribution in [0.1, 0.15) is 17.8 Å². The number of nitrogens with one attached hydrogen (secondary N) is 1. The second kappa shape index (κ2) is 6.56. The van der Waals surface area contributed by atoms with Gasteiger partial charge < -0.3 is 15.8 Å². The Kier molecular flexibility index (Phi) is 4.75. The van der Waals surface area contributed by atoms with Crippen molar-refractivity contribution in [1.29, 1.82) is 0 Å². The second-order valence-corrected chi connectivity index (χ2v) is 4.94. The Morgan fingerprint density at radius 1 is 1.71 bits per heavy atom. The van der Waals surface area contributed by atoms with Crippen LogP contribution >= 0.6 is 11.3 Å². The maximum absolute atomic E-state index is 5.76. The lowest BCUT2D eigenvalue weighted by molar-refractivity contribution is 0.118. The van der Waals surface area contributed by atoms with E-state index in [-0.39, 0.29) is 6.10 Å². The molecule has 2 heterocycles. The van der Waals surface area contributed by atoms with E-state index in [1.165, 1.54) is 0 Å². The fourth-order valence-corrected chi connectivity index (χ4v) is 2.34. The summed E-state index contributed by atoms with van der Waals surface area (Å²) in [7, 11) is 0. The van der Waals surface area contributed by atoms with Gasteiger partial charge in [-0.1, -0.05) is 0 Å². The van der Waals surface area contributed by atoms with Gasteiger partial charge in [0.2, 0.25) is 0 Å². The average Bonchev–Trinajstić information content (AvgIpc) is 2.99. The van der Waals surface area contributed by atoms with Gasteiger partial charge in [0.25, 0.3) is 0 Å². The average molecular weight is 254 g/mol. The number of guanidine groups is 1. The maximum Gasteiger partial charge on any atom is 0.188 e. The Balaban J connectivity index is 1.62. The molecule has 1 fully saturated rings. The minimum Gasteiger partial charge on any atom is -0.376 e. The normalized spacial score (nSPS) is 20.7. The summed E-state index contributed by atoms with van der Waals surface area (Å²) >= 11 is 1.66. The zero-order valence-corrected chi connectivity index (χ0v) is 10.6. The molecule has 3 N–H and O–H groups in total. The van der Waals surface area contributed by atoms with Gasteiger partial charge in [-0.2, -0.15) is 0 Å². The number of nitrogens with two attached hydrogens (primary N) is 1. The van der Waals surface area contributed by atoms with E-state index in [1.807, 2.05) is 11.6 Å². The topological polar surface area (TPSA) is 72.5 Å². The highest BCUT2D eigenvalue weighted by atomic mass is 32.1. The third-order valence-corrected chi connectivity index (χ3v) is 3.46. The van der Waals surface area contributed by atoms with Crippen molar-refractivity contribution >= 4 is 17.3 Å². The fraction of sp³-hybridized carbons (Fsp3) is 0.636. The highest BCUT2D eigenvalue weighted by Gasteiger charge is 2.14. The Bertz CT molecular complexity index is 346. The van der Waals surface area contributed by atoms with Gasteiger partial charge in [0.1, 0.15) is 0 Å². The van der Waals surface area contributed by atoms with Crippen molar-refractivity contribution in [3.05, 3.63) is 16.6 Å². The van der Waals surface area contributed by atoms with Crippen LogP contribution in [0, 0.1) is 0 Å². The Morgan fingerprint density at radius 3 is 3.35 bits per heavy atom. The van der Waals surface area contributed by atoms with Crippen LogP contribution in [-0.2, 0) is 11.2 Å². The summed E-state index contributed by atoms with van der Waals surface area (Å²) in [6.07, 6.45) is 5.19. The summed E-state index contributed by atoms with van der Waals surface area (Å²) in [5.41, 5.74) is 5.76. The van der Waals surface area contributed by atoms with Crippen molar-refractivity contribution in [1.82, 2.24) is 10.3 Å². The first kappa shape index (κ1) is 12.3. The summed E-state index contributed by atoms with van der Waals surface area (Å²) < 4.78 is 5.47. The molecule has 0 amide bonds. The van der Waals surface area contributed by atoms with Gasteiger partial charge in [0.15, 0.2) is 5.96 Å². The van der Waals surface area contributed by atoms with E-state index < -0.39 is 0 Å². The fourth-order valence-electron chi connectivity index (χ4n) is 1.72. The summed E-state index contributed by atoms with van der Waals surface area (Å²) in [5, 5.41) is 6.18. The molecule has 0 saturated carbocycles. The minimum atomic E-state index is 0.259. The summed E-state index contributed by atoms with van der Waals surface area (Å²) in [4.78, 5) is 8.47. The molecule has 17 heavy (non-hydrogen) atoms. The molecule has 1 aromatic rings. The molecule has 2 rings (SSSR count). The van der Waals surface area contributed by atoms with E-state index in [1.54, 1.807) is 11.3 Å². The van der Waals surface area contributed by atoms with Crippen molar-refractivity contribution in [2.24, 2.45) is 10.7 Å². The quantitative estimate of drug-likeness (QED) is 0.601. The smallest absolute Gasteiger partial charge is 0.188 e. The van der Waals surface area contributed by atoms with Crippen molar-refractivity contribution < 1.29 is 4.74 Å². The van der Waals surface area contributed by atoms with Crippen LogP contribution in [-0.4, -0.2) is 36.7 Å². The monoisotopic (exact) mass is 254 g/mol. The second-order valence-electron chi connectivity index (χ2n) is 3.96. The number of hydrogen-bond donors (Lipinski definition) is 2. The number of nitrogens with zero attached hydrogens (tertiary/aromatic N) is 2. The van der Waals surface area contributed by atoms with Crippen molar-refractivity contribution in [3.63, 3.8) is 0 Å². The van der Waals surface area contributed by atoms with Crippen LogP contribution < -0.4 is 11.1 Å². The molecule has 0 bridgehead atoms. The Morgan fingerprint density at radius 2 is 2.65 bits per heavy atom. The lowest BCUT2D eigenvalue weighted by Crippen LogP contribution is -2.34. The van der Waals surface area contributed by atoms with E-state index in [0.717, 1.165) is 37.4 Å². The highest BCUT2D eigenvalue weighted by molar-refractivity contribution is 7.09. The summed E-state index contributed by atoms with van der Waals surface area (Å²) in [6.45, 7) is 2.29. The lowest BCUT2D eigenvalue weighted by Gasteiger charge is -2.07. The van der Waals surface area contributed by atoms with Gasteiger partial charge in [-0.05, 0) is 12.8 Å². The van der Waals surface area contributed by atoms with Gasteiger partial charge in [0, 0.05) is 31.1 Å². The van der Waals surface area contributed by atoms with Crippen molar-refractivity contribution in [2.45, 2.75) is 25.4 Å². The molecule has 0 radical (unpaired) electrons. The van der Waals surface area contributed by atoms with E-state index in [0.29, 0.717) is 12.5 Å². The van der Waals surface area contributed by atoms with Crippen LogP contribution in [0.15, 0.2) is 16.6 Å². The largest absolute Gasteiger partial charge is 0.376 e.